The molecule has 0 amide bonds. The van der Waals surface area contributed by atoms with Gasteiger partial charge >= 0.3 is 0 Å². The van der Waals surface area contributed by atoms with Gasteiger partial charge in [0.05, 0.1) is 4.90 Å². The van der Waals surface area contributed by atoms with Crippen molar-refractivity contribution in [2.75, 3.05) is 19.6 Å². The molecule has 0 aliphatic carbocycles. The SMILES string of the molecule is CCCc1ccc(S(=O)(=O)N2CCC(C)(CN)C2)cc1. The van der Waals surface area contributed by atoms with E-state index >= 15 is 0 Å². The molecule has 1 aliphatic heterocycles. The second-order valence-corrected chi connectivity index (χ2v) is 7.94. The first-order valence-corrected chi connectivity index (χ1v) is 8.64. The maximum absolute atomic E-state index is 12.6. The summed E-state index contributed by atoms with van der Waals surface area (Å²) >= 11 is 0. The fourth-order valence-electron chi connectivity index (χ4n) is 2.62. The smallest absolute Gasteiger partial charge is 0.243 e. The van der Waals surface area contributed by atoms with Crippen LogP contribution in [-0.4, -0.2) is 32.4 Å². The summed E-state index contributed by atoms with van der Waals surface area (Å²) in [6.07, 6.45) is 2.87. The third-order valence-corrected chi connectivity index (χ3v) is 5.97. The number of nitrogens with two attached hydrogens (primary N) is 1. The van der Waals surface area contributed by atoms with Gasteiger partial charge in [-0.1, -0.05) is 32.4 Å². The standard InChI is InChI=1S/C15H24N2O2S/c1-3-4-13-5-7-14(8-6-13)20(18,19)17-10-9-15(2,11-16)12-17/h5-8H,3-4,9-12,16H2,1-2H3. The van der Waals surface area contributed by atoms with Gasteiger partial charge < -0.3 is 5.73 Å². The summed E-state index contributed by atoms with van der Waals surface area (Å²) in [6.45, 7) is 5.76. The van der Waals surface area contributed by atoms with Crippen LogP contribution in [0.15, 0.2) is 29.2 Å². The van der Waals surface area contributed by atoms with E-state index in [0.29, 0.717) is 24.5 Å². The summed E-state index contributed by atoms with van der Waals surface area (Å²) in [6, 6.07) is 7.26. The molecule has 1 aliphatic rings. The molecule has 1 fully saturated rings. The molecule has 0 bridgehead atoms. The lowest BCUT2D eigenvalue weighted by Crippen LogP contribution is -2.34. The molecule has 2 N–H and O–H groups in total. The predicted octanol–water partition coefficient (Wildman–Crippen LogP) is 2.00. The molecule has 112 valence electrons. The number of sulfonamides is 1. The van der Waals surface area contributed by atoms with Crippen LogP contribution in [0.5, 0.6) is 0 Å². The highest BCUT2D eigenvalue weighted by Gasteiger charge is 2.38. The monoisotopic (exact) mass is 296 g/mol. The fourth-order valence-corrected chi connectivity index (χ4v) is 4.21. The molecule has 5 heteroatoms. The molecular formula is C15H24N2O2S. The second-order valence-electron chi connectivity index (χ2n) is 6.00. The Bertz CT molecular complexity index is 554. The van der Waals surface area contributed by atoms with Crippen LogP contribution in [-0.2, 0) is 16.4 Å². The molecule has 0 radical (unpaired) electrons. The van der Waals surface area contributed by atoms with Gasteiger partial charge in [0.15, 0.2) is 0 Å². The van der Waals surface area contributed by atoms with E-state index in [4.69, 9.17) is 5.73 Å². The van der Waals surface area contributed by atoms with E-state index in [2.05, 4.69) is 6.92 Å². The Morgan fingerprint density at radius 1 is 1.30 bits per heavy atom. The van der Waals surface area contributed by atoms with Gasteiger partial charge in [0, 0.05) is 13.1 Å². The summed E-state index contributed by atoms with van der Waals surface area (Å²) in [4.78, 5) is 0.388. The van der Waals surface area contributed by atoms with E-state index in [9.17, 15) is 8.42 Å². The minimum absolute atomic E-state index is 0.0881. The molecule has 1 saturated heterocycles. The average molecular weight is 296 g/mol. The Hall–Kier alpha value is -0.910. The number of hydrogen-bond donors (Lipinski definition) is 1. The Labute approximate surface area is 122 Å². The van der Waals surface area contributed by atoms with E-state index in [1.807, 2.05) is 19.1 Å². The van der Waals surface area contributed by atoms with E-state index < -0.39 is 10.0 Å². The van der Waals surface area contributed by atoms with Crippen molar-refractivity contribution in [1.29, 1.82) is 0 Å². The Kier molecular flexibility index (Phi) is 4.52. The predicted molar refractivity (Wildman–Crippen MR) is 81.0 cm³/mol. The molecule has 1 atom stereocenters. The molecule has 1 aromatic carbocycles. The van der Waals surface area contributed by atoms with Crippen LogP contribution in [0.2, 0.25) is 0 Å². The third kappa shape index (κ3) is 3.05. The molecule has 1 heterocycles. The molecule has 20 heavy (non-hydrogen) atoms. The third-order valence-electron chi connectivity index (χ3n) is 4.12. The number of hydrogen-bond acceptors (Lipinski definition) is 3. The molecule has 1 aromatic rings. The lowest BCUT2D eigenvalue weighted by atomic mass is 9.90. The second kappa shape index (κ2) is 5.84. The van der Waals surface area contributed by atoms with Crippen LogP contribution >= 0.6 is 0 Å². The van der Waals surface area contributed by atoms with Gasteiger partial charge in [-0.05, 0) is 42.5 Å². The first-order valence-electron chi connectivity index (χ1n) is 7.20. The maximum atomic E-state index is 12.6. The maximum Gasteiger partial charge on any atom is 0.243 e. The Balaban J connectivity index is 2.19. The number of nitrogens with zero attached hydrogens (tertiary/aromatic N) is 1. The van der Waals surface area contributed by atoms with Crippen molar-refractivity contribution >= 4 is 10.0 Å². The Morgan fingerprint density at radius 3 is 2.45 bits per heavy atom. The van der Waals surface area contributed by atoms with Crippen LogP contribution in [0.1, 0.15) is 32.3 Å². The Morgan fingerprint density at radius 2 is 1.95 bits per heavy atom. The molecule has 0 spiro atoms. The summed E-state index contributed by atoms with van der Waals surface area (Å²) < 4.78 is 26.7. The zero-order valence-corrected chi connectivity index (χ0v) is 13.1. The molecule has 0 aromatic heterocycles. The lowest BCUT2D eigenvalue weighted by molar-refractivity contribution is 0.349. The van der Waals surface area contributed by atoms with E-state index in [1.165, 1.54) is 5.56 Å². The van der Waals surface area contributed by atoms with Crippen LogP contribution in [0.4, 0.5) is 0 Å². The quantitative estimate of drug-likeness (QED) is 0.904. The lowest BCUT2D eigenvalue weighted by Gasteiger charge is -2.22. The normalized spacial score (nSPS) is 24.1. The van der Waals surface area contributed by atoms with Crippen LogP contribution < -0.4 is 5.73 Å². The van der Waals surface area contributed by atoms with Gasteiger partial charge in [-0.15, -0.1) is 0 Å². The molecule has 4 nitrogen and oxygen atoms in total. The van der Waals surface area contributed by atoms with Crippen LogP contribution in [0.3, 0.4) is 0 Å². The largest absolute Gasteiger partial charge is 0.330 e. The number of benzene rings is 1. The summed E-state index contributed by atoms with van der Waals surface area (Å²) in [5.74, 6) is 0. The van der Waals surface area contributed by atoms with Crippen molar-refractivity contribution in [1.82, 2.24) is 4.31 Å². The number of rotatable bonds is 5. The van der Waals surface area contributed by atoms with Crippen molar-refractivity contribution in [2.45, 2.75) is 38.0 Å². The zero-order chi connectivity index (χ0) is 14.8. The van der Waals surface area contributed by atoms with Gasteiger partial charge in [0.1, 0.15) is 0 Å². The van der Waals surface area contributed by atoms with E-state index in [0.717, 1.165) is 19.3 Å². The highest BCUT2D eigenvalue weighted by molar-refractivity contribution is 7.89. The highest BCUT2D eigenvalue weighted by atomic mass is 32.2. The van der Waals surface area contributed by atoms with E-state index in [-0.39, 0.29) is 5.41 Å². The van der Waals surface area contributed by atoms with Crippen molar-refractivity contribution in [2.24, 2.45) is 11.1 Å². The summed E-state index contributed by atoms with van der Waals surface area (Å²) in [5, 5.41) is 0. The first kappa shape index (κ1) is 15.5. The van der Waals surface area contributed by atoms with Crippen LogP contribution in [0.25, 0.3) is 0 Å². The minimum atomic E-state index is -3.37. The van der Waals surface area contributed by atoms with Gasteiger partial charge in [-0.3, -0.25) is 0 Å². The van der Waals surface area contributed by atoms with Crippen molar-refractivity contribution < 1.29 is 8.42 Å². The van der Waals surface area contributed by atoms with Crippen molar-refractivity contribution in [3.63, 3.8) is 0 Å². The highest BCUT2D eigenvalue weighted by Crippen LogP contribution is 2.32. The van der Waals surface area contributed by atoms with Crippen molar-refractivity contribution in [3.05, 3.63) is 29.8 Å². The van der Waals surface area contributed by atoms with Gasteiger partial charge in [0.25, 0.3) is 0 Å². The zero-order valence-electron chi connectivity index (χ0n) is 12.3. The first-order chi connectivity index (χ1) is 9.41. The van der Waals surface area contributed by atoms with Gasteiger partial charge in [0.2, 0.25) is 10.0 Å². The van der Waals surface area contributed by atoms with Gasteiger partial charge in [-0.2, -0.15) is 4.31 Å². The molecule has 0 saturated carbocycles. The summed E-state index contributed by atoms with van der Waals surface area (Å²) in [5.41, 5.74) is 6.84. The van der Waals surface area contributed by atoms with Gasteiger partial charge in [-0.25, -0.2) is 8.42 Å². The minimum Gasteiger partial charge on any atom is -0.330 e. The van der Waals surface area contributed by atoms with E-state index in [1.54, 1.807) is 16.4 Å². The summed E-state index contributed by atoms with van der Waals surface area (Å²) in [7, 11) is -3.37. The average Bonchev–Trinajstić information content (AvgIpc) is 2.84. The fraction of sp³-hybridized carbons (Fsp3) is 0.600. The molecular weight excluding hydrogens is 272 g/mol. The van der Waals surface area contributed by atoms with Crippen molar-refractivity contribution in [3.8, 4) is 0 Å². The van der Waals surface area contributed by atoms with Crippen LogP contribution in [0, 0.1) is 5.41 Å². The molecule has 1 unspecified atom stereocenters. The number of aryl methyl sites for hydroxylation is 1. The topological polar surface area (TPSA) is 63.4 Å². The molecule has 2 rings (SSSR count).